The molecule has 2 aromatic rings. The van der Waals surface area contributed by atoms with Gasteiger partial charge in [0.05, 0.1) is 17.5 Å². The molecule has 0 aromatic heterocycles. The van der Waals surface area contributed by atoms with E-state index in [2.05, 4.69) is 15.9 Å². The molecule has 8 heteroatoms. The summed E-state index contributed by atoms with van der Waals surface area (Å²) in [4.78, 5) is 37.8. The van der Waals surface area contributed by atoms with Crippen molar-refractivity contribution in [1.29, 1.82) is 0 Å². The Kier molecular flexibility index (Phi) is 4.12. The average Bonchev–Trinajstić information content (AvgIpc) is 3.17. The number of carbonyl (C=O) groups is 3. The van der Waals surface area contributed by atoms with Crippen molar-refractivity contribution in [2.75, 3.05) is 13.3 Å². The molecular formula is C18H12BrNO6. The smallest absolute Gasteiger partial charge is 0.313 e. The lowest BCUT2D eigenvalue weighted by molar-refractivity contribution is -0.134. The van der Waals surface area contributed by atoms with Gasteiger partial charge in [-0.25, -0.2) is 0 Å². The Bertz CT molecular complexity index is 941. The number of nitrogens with zero attached hydrogens (tertiary/aromatic N) is 1. The van der Waals surface area contributed by atoms with E-state index in [1.807, 2.05) is 0 Å². The third kappa shape index (κ3) is 2.92. The third-order valence-electron chi connectivity index (χ3n) is 4.05. The van der Waals surface area contributed by atoms with Crippen molar-refractivity contribution >= 4 is 33.7 Å². The second kappa shape index (κ2) is 6.45. The van der Waals surface area contributed by atoms with E-state index in [0.29, 0.717) is 32.8 Å². The molecule has 0 aliphatic carbocycles. The first kappa shape index (κ1) is 16.6. The first-order valence-electron chi connectivity index (χ1n) is 7.79. The van der Waals surface area contributed by atoms with Crippen LogP contribution in [0.3, 0.4) is 0 Å². The van der Waals surface area contributed by atoms with E-state index in [1.165, 1.54) is 0 Å². The molecule has 2 amide bonds. The van der Waals surface area contributed by atoms with Crippen LogP contribution in [0.2, 0.25) is 0 Å². The minimum Gasteiger partial charge on any atom is -0.454 e. The summed E-state index contributed by atoms with van der Waals surface area (Å²) in [5.74, 6) is 0.0194. The third-order valence-corrected chi connectivity index (χ3v) is 4.54. The second-order valence-corrected chi connectivity index (χ2v) is 6.61. The van der Waals surface area contributed by atoms with Crippen LogP contribution in [0.4, 0.5) is 0 Å². The zero-order chi connectivity index (χ0) is 18.3. The number of fused-ring (bicyclic) bond motifs is 2. The van der Waals surface area contributed by atoms with E-state index in [-0.39, 0.29) is 19.8 Å². The van der Waals surface area contributed by atoms with E-state index >= 15 is 0 Å². The number of hydrogen-bond donors (Lipinski definition) is 0. The Morgan fingerprint density at radius 2 is 1.81 bits per heavy atom. The normalized spacial score (nSPS) is 14.6. The van der Waals surface area contributed by atoms with Crippen LogP contribution in [0, 0.1) is 0 Å². The second-order valence-electron chi connectivity index (χ2n) is 5.69. The van der Waals surface area contributed by atoms with Crippen LogP contribution in [-0.2, 0) is 4.79 Å². The van der Waals surface area contributed by atoms with Gasteiger partial charge >= 0.3 is 5.97 Å². The maximum absolute atomic E-state index is 12.4. The number of halogens is 1. The van der Waals surface area contributed by atoms with Crippen LogP contribution in [0.5, 0.6) is 17.2 Å². The summed E-state index contributed by atoms with van der Waals surface area (Å²) in [5, 5.41) is 0. The van der Waals surface area contributed by atoms with Crippen LogP contribution >= 0.6 is 15.9 Å². The standard InChI is InChI=1S/C18H12BrNO6/c19-10-1-3-12-13(7-10)18(23)20(17(12)22)6-5-16(21)26-11-2-4-14-15(8-11)25-9-24-14/h1-4,7-8H,5-6,9H2. The van der Waals surface area contributed by atoms with Crippen LogP contribution in [0.15, 0.2) is 40.9 Å². The number of amides is 2. The van der Waals surface area contributed by atoms with Gasteiger partial charge in [0.25, 0.3) is 11.8 Å². The molecule has 0 spiro atoms. The van der Waals surface area contributed by atoms with Gasteiger partial charge in [-0.15, -0.1) is 0 Å². The Balaban J connectivity index is 1.39. The number of ether oxygens (including phenoxy) is 3. The molecule has 132 valence electrons. The molecule has 2 heterocycles. The van der Waals surface area contributed by atoms with Crippen molar-refractivity contribution in [3.63, 3.8) is 0 Å². The molecule has 26 heavy (non-hydrogen) atoms. The summed E-state index contributed by atoms with van der Waals surface area (Å²) >= 11 is 3.28. The summed E-state index contributed by atoms with van der Waals surface area (Å²) in [6, 6.07) is 9.67. The number of carbonyl (C=O) groups excluding carboxylic acids is 3. The molecule has 0 bridgehead atoms. The van der Waals surface area contributed by atoms with Gasteiger partial charge in [0.1, 0.15) is 5.75 Å². The topological polar surface area (TPSA) is 82.1 Å². The van der Waals surface area contributed by atoms with Crippen LogP contribution in [0.1, 0.15) is 27.1 Å². The van der Waals surface area contributed by atoms with Crippen molar-refractivity contribution in [2.45, 2.75) is 6.42 Å². The Morgan fingerprint density at radius 3 is 2.65 bits per heavy atom. The summed E-state index contributed by atoms with van der Waals surface area (Å²) in [6.07, 6.45) is -0.110. The van der Waals surface area contributed by atoms with E-state index < -0.39 is 17.8 Å². The molecule has 0 saturated carbocycles. The molecule has 2 aromatic carbocycles. The molecule has 0 radical (unpaired) electrons. The molecule has 0 unspecified atom stereocenters. The lowest BCUT2D eigenvalue weighted by atomic mass is 10.1. The maximum atomic E-state index is 12.4. The minimum atomic E-state index is -0.554. The summed E-state index contributed by atoms with van der Waals surface area (Å²) in [5.41, 5.74) is 0.663. The molecule has 4 rings (SSSR count). The van der Waals surface area contributed by atoms with Crippen LogP contribution in [0.25, 0.3) is 0 Å². The van der Waals surface area contributed by atoms with E-state index in [1.54, 1.807) is 36.4 Å². The van der Waals surface area contributed by atoms with Crippen molar-refractivity contribution in [3.05, 3.63) is 52.0 Å². The van der Waals surface area contributed by atoms with E-state index in [4.69, 9.17) is 14.2 Å². The molecule has 2 aliphatic rings. The van der Waals surface area contributed by atoms with E-state index in [0.717, 1.165) is 4.90 Å². The summed E-state index contributed by atoms with van der Waals surface area (Å²) in [7, 11) is 0. The Labute approximate surface area is 156 Å². The van der Waals surface area contributed by atoms with Gasteiger partial charge in [-0.1, -0.05) is 15.9 Å². The van der Waals surface area contributed by atoms with Gasteiger partial charge in [0.15, 0.2) is 11.5 Å². The Morgan fingerprint density at radius 1 is 1.04 bits per heavy atom. The molecule has 2 aliphatic heterocycles. The SMILES string of the molecule is O=C(CCN1C(=O)c2ccc(Br)cc2C1=O)Oc1ccc2c(c1)OCO2. The van der Waals surface area contributed by atoms with E-state index in [9.17, 15) is 14.4 Å². The fourth-order valence-corrected chi connectivity index (χ4v) is 3.15. The molecule has 0 N–H and O–H groups in total. The zero-order valence-electron chi connectivity index (χ0n) is 13.4. The van der Waals surface area contributed by atoms with Gasteiger partial charge in [-0.3, -0.25) is 19.3 Å². The van der Waals surface area contributed by atoms with Gasteiger partial charge in [-0.2, -0.15) is 0 Å². The van der Waals surface area contributed by atoms with Crippen molar-refractivity contribution < 1.29 is 28.6 Å². The van der Waals surface area contributed by atoms with Crippen molar-refractivity contribution in [1.82, 2.24) is 4.90 Å². The number of imide groups is 1. The Hall–Kier alpha value is -2.87. The van der Waals surface area contributed by atoms with Gasteiger partial charge in [-0.05, 0) is 30.3 Å². The highest BCUT2D eigenvalue weighted by Gasteiger charge is 2.35. The summed E-state index contributed by atoms with van der Waals surface area (Å²) < 4.78 is 16.4. The fourth-order valence-electron chi connectivity index (χ4n) is 2.79. The largest absolute Gasteiger partial charge is 0.454 e. The van der Waals surface area contributed by atoms with Crippen molar-refractivity contribution in [3.8, 4) is 17.2 Å². The van der Waals surface area contributed by atoms with Crippen LogP contribution < -0.4 is 14.2 Å². The predicted octanol–water partition coefficient (Wildman–Crippen LogP) is 2.77. The first-order valence-corrected chi connectivity index (χ1v) is 8.58. The molecule has 0 saturated heterocycles. The quantitative estimate of drug-likeness (QED) is 0.432. The maximum Gasteiger partial charge on any atom is 0.313 e. The predicted molar refractivity (Wildman–Crippen MR) is 92.3 cm³/mol. The highest BCUT2D eigenvalue weighted by Crippen LogP contribution is 2.35. The lowest BCUT2D eigenvalue weighted by Crippen LogP contribution is -2.32. The number of benzene rings is 2. The molecule has 0 fully saturated rings. The fraction of sp³-hybridized carbons (Fsp3) is 0.167. The highest BCUT2D eigenvalue weighted by molar-refractivity contribution is 9.10. The number of hydrogen-bond acceptors (Lipinski definition) is 6. The van der Waals surface area contributed by atoms with Gasteiger partial charge in [0, 0.05) is 17.1 Å². The lowest BCUT2D eigenvalue weighted by Gasteiger charge is -2.13. The first-order chi connectivity index (χ1) is 12.5. The zero-order valence-corrected chi connectivity index (χ0v) is 14.9. The number of esters is 1. The highest BCUT2D eigenvalue weighted by atomic mass is 79.9. The van der Waals surface area contributed by atoms with Gasteiger partial charge in [0.2, 0.25) is 6.79 Å². The minimum absolute atomic E-state index is 0.0483. The molecular weight excluding hydrogens is 406 g/mol. The monoisotopic (exact) mass is 417 g/mol. The number of rotatable bonds is 4. The van der Waals surface area contributed by atoms with Crippen molar-refractivity contribution in [2.24, 2.45) is 0 Å². The summed E-state index contributed by atoms with van der Waals surface area (Å²) in [6.45, 7) is 0.0793. The molecule has 7 nitrogen and oxygen atoms in total. The van der Waals surface area contributed by atoms with Gasteiger partial charge < -0.3 is 14.2 Å². The van der Waals surface area contributed by atoms with Crippen LogP contribution in [-0.4, -0.2) is 36.0 Å². The molecule has 0 atom stereocenters. The average molecular weight is 418 g/mol.